The smallest absolute Gasteiger partial charge is 0.120 e. The minimum Gasteiger partial charge on any atom is -0.468 e. The monoisotopic (exact) mass is 232 g/mol. The van der Waals surface area contributed by atoms with Gasteiger partial charge in [-0.1, -0.05) is 0 Å². The highest BCUT2D eigenvalue weighted by atomic mass is 32.1. The normalized spacial score (nSPS) is 12.2. The van der Waals surface area contributed by atoms with Crippen LogP contribution in [0.1, 0.15) is 29.2 Å². The Kier molecular flexibility index (Phi) is 3.40. The lowest BCUT2D eigenvalue weighted by Crippen LogP contribution is -2.16. The number of nitrogens with zero attached hydrogens (tertiary/aromatic N) is 1. The molecule has 0 fully saturated rings. The number of nitriles is 1. The van der Waals surface area contributed by atoms with Crippen molar-refractivity contribution in [3.8, 4) is 6.07 Å². The van der Waals surface area contributed by atoms with Crippen molar-refractivity contribution >= 4 is 11.3 Å². The summed E-state index contributed by atoms with van der Waals surface area (Å²) in [6.07, 6.45) is 1.67. The standard InChI is InChI=1S/C12H12N2OS/c1-9(12-3-2-4-15-12)14-7-11-5-10(6-13)8-16-11/h2-5,8-9,14H,7H2,1H3/t9-/m1/s1. The van der Waals surface area contributed by atoms with Gasteiger partial charge in [0.05, 0.1) is 17.9 Å². The Balaban J connectivity index is 1.90. The summed E-state index contributed by atoms with van der Waals surface area (Å²) in [4.78, 5) is 1.16. The third-order valence-corrected chi connectivity index (χ3v) is 3.27. The van der Waals surface area contributed by atoms with Crippen LogP contribution in [0.25, 0.3) is 0 Å². The first-order chi connectivity index (χ1) is 7.79. The van der Waals surface area contributed by atoms with E-state index in [1.54, 1.807) is 17.6 Å². The molecule has 82 valence electrons. The molecule has 0 spiro atoms. The molecule has 4 heteroatoms. The molecule has 2 rings (SSSR count). The third-order valence-electron chi connectivity index (χ3n) is 2.34. The molecule has 3 nitrogen and oxygen atoms in total. The van der Waals surface area contributed by atoms with Crippen LogP contribution in [0.2, 0.25) is 0 Å². The summed E-state index contributed by atoms with van der Waals surface area (Å²) < 4.78 is 5.30. The lowest BCUT2D eigenvalue weighted by Gasteiger charge is -2.09. The van der Waals surface area contributed by atoms with Crippen molar-refractivity contribution in [1.29, 1.82) is 5.26 Å². The number of furan rings is 1. The first kappa shape index (κ1) is 10.9. The molecule has 1 atom stereocenters. The number of nitrogens with one attached hydrogen (secondary N) is 1. The van der Waals surface area contributed by atoms with Gasteiger partial charge in [-0.05, 0) is 25.1 Å². The van der Waals surface area contributed by atoms with Crippen molar-refractivity contribution in [2.75, 3.05) is 0 Å². The molecule has 16 heavy (non-hydrogen) atoms. The van der Waals surface area contributed by atoms with Gasteiger partial charge in [-0.15, -0.1) is 11.3 Å². The van der Waals surface area contributed by atoms with Crippen molar-refractivity contribution in [2.45, 2.75) is 19.5 Å². The van der Waals surface area contributed by atoms with Crippen molar-refractivity contribution in [3.63, 3.8) is 0 Å². The second-order valence-corrected chi connectivity index (χ2v) is 4.53. The summed E-state index contributed by atoms with van der Waals surface area (Å²) in [6, 6.07) is 8.05. The highest BCUT2D eigenvalue weighted by Crippen LogP contribution is 2.17. The molecule has 0 aliphatic rings. The van der Waals surface area contributed by atoms with E-state index < -0.39 is 0 Å². The first-order valence-corrected chi connectivity index (χ1v) is 5.92. The zero-order chi connectivity index (χ0) is 11.4. The molecule has 0 aliphatic carbocycles. The zero-order valence-corrected chi connectivity index (χ0v) is 9.75. The molecular formula is C12H12N2OS. The molecule has 0 bridgehead atoms. The largest absolute Gasteiger partial charge is 0.468 e. The van der Waals surface area contributed by atoms with Crippen LogP contribution >= 0.6 is 11.3 Å². The molecule has 2 heterocycles. The Bertz CT molecular complexity index is 481. The highest BCUT2D eigenvalue weighted by Gasteiger charge is 2.07. The molecule has 0 saturated heterocycles. The molecule has 0 radical (unpaired) electrons. The minimum absolute atomic E-state index is 0.183. The Morgan fingerprint density at radius 1 is 1.62 bits per heavy atom. The lowest BCUT2D eigenvalue weighted by atomic mass is 10.2. The van der Waals surface area contributed by atoms with Gasteiger partial charge in [0.2, 0.25) is 0 Å². The van der Waals surface area contributed by atoms with E-state index in [0.29, 0.717) is 0 Å². The summed E-state index contributed by atoms with van der Waals surface area (Å²) in [7, 11) is 0. The quantitative estimate of drug-likeness (QED) is 0.881. The van der Waals surface area contributed by atoms with Crippen molar-refractivity contribution in [2.24, 2.45) is 0 Å². The predicted molar refractivity (Wildman–Crippen MR) is 63.0 cm³/mol. The van der Waals surface area contributed by atoms with Gasteiger partial charge < -0.3 is 9.73 Å². The van der Waals surface area contributed by atoms with Gasteiger partial charge in [-0.25, -0.2) is 0 Å². The first-order valence-electron chi connectivity index (χ1n) is 5.04. The van der Waals surface area contributed by atoms with Gasteiger partial charge in [-0.3, -0.25) is 0 Å². The van der Waals surface area contributed by atoms with Gasteiger partial charge in [0, 0.05) is 16.8 Å². The topological polar surface area (TPSA) is 49.0 Å². The summed E-state index contributed by atoms with van der Waals surface area (Å²) in [5.41, 5.74) is 0.729. The molecule has 2 aromatic rings. The van der Waals surface area contributed by atoms with E-state index >= 15 is 0 Å². The average molecular weight is 232 g/mol. The van der Waals surface area contributed by atoms with Gasteiger partial charge in [0.1, 0.15) is 11.8 Å². The molecule has 0 unspecified atom stereocenters. The van der Waals surface area contributed by atoms with Crippen LogP contribution in [0.5, 0.6) is 0 Å². The molecule has 2 aromatic heterocycles. The molecule has 0 aliphatic heterocycles. The van der Waals surface area contributed by atoms with Crippen molar-refractivity contribution in [3.05, 3.63) is 46.0 Å². The number of rotatable bonds is 4. The fraction of sp³-hybridized carbons (Fsp3) is 0.250. The average Bonchev–Trinajstić information content (AvgIpc) is 2.96. The van der Waals surface area contributed by atoms with Crippen LogP contribution in [-0.2, 0) is 6.54 Å². The minimum atomic E-state index is 0.183. The number of thiophene rings is 1. The summed E-state index contributed by atoms with van der Waals surface area (Å²) in [5, 5.41) is 13.9. The molecule has 0 saturated carbocycles. The van der Waals surface area contributed by atoms with E-state index in [0.717, 1.165) is 22.7 Å². The summed E-state index contributed by atoms with van der Waals surface area (Å²) in [5.74, 6) is 0.928. The number of hydrogen-bond donors (Lipinski definition) is 1. The van der Waals surface area contributed by atoms with E-state index in [9.17, 15) is 0 Å². The lowest BCUT2D eigenvalue weighted by molar-refractivity contribution is 0.431. The fourth-order valence-electron chi connectivity index (χ4n) is 1.42. The van der Waals surface area contributed by atoms with E-state index in [-0.39, 0.29) is 6.04 Å². The summed E-state index contributed by atoms with van der Waals surface area (Å²) >= 11 is 1.60. The Morgan fingerprint density at radius 3 is 3.12 bits per heavy atom. The Hall–Kier alpha value is -1.57. The second kappa shape index (κ2) is 4.97. The van der Waals surface area contributed by atoms with Gasteiger partial charge in [0.15, 0.2) is 0 Å². The Morgan fingerprint density at radius 2 is 2.50 bits per heavy atom. The van der Waals surface area contributed by atoms with Crippen LogP contribution in [0, 0.1) is 11.3 Å². The van der Waals surface area contributed by atoms with Crippen LogP contribution in [0.4, 0.5) is 0 Å². The zero-order valence-electron chi connectivity index (χ0n) is 8.93. The molecular weight excluding hydrogens is 220 g/mol. The van der Waals surface area contributed by atoms with E-state index in [1.807, 2.05) is 23.6 Å². The van der Waals surface area contributed by atoms with Gasteiger partial charge >= 0.3 is 0 Å². The van der Waals surface area contributed by atoms with E-state index in [4.69, 9.17) is 9.68 Å². The number of hydrogen-bond acceptors (Lipinski definition) is 4. The van der Waals surface area contributed by atoms with Crippen LogP contribution in [0.3, 0.4) is 0 Å². The van der Waals surface area contributed by atoms with E-state index in [2.05, 4.69) is 18.3 Å². The summed E-state index contributed by atoms with van der Waals surface area (Å²) in [6.45, 7) is 2.81. The van der Waals surface area contributed by atoms with Crippen LogP contribution in [-0.4, -0.2) is 0 Å². The maximum Gasteiger partial charge on any atom is 0.120 e. The fourth-order valence-corrected chi connectivity index (χ4v) is 2.18. The van der Waals surface area contributed by atoms with Crippen LogP contribution in [0.15, 0.2) is 34.3 Å². The van der Waals surface area contributed by atoms with E-state index in [1.165, 1.54) is 0 Å². The van der Waals surface area contributed by atoms with Gasteiger partial charge in [0.25, 0.3) is 0 Å². The predicted octanol–water partition coefficient (Wildman–Crippen LogP) is 3.06. The maximum absolute atomic E-state index is 8.70. The van der Waals surface area contributed by atoms with Crippen LogP contribution < -0.4 is 5.32 Å². The third kappa shape index (κ3) is 2.51. The Labute approximate surface area is 98.3 Å². The highest BCUT2D eigenvalue weighted by molar-refractivity contribution is 7.10. The maximum atomic E-state index is 8.70. The van der Waals surface area contributed by atoms with Crippen molar-refractivity contribution in [1.82, 2.24) is 5.32 Å². The SMILES string of the molecule is C[C@@H](NCc1cc(C#N)cs1)c1ccco1. The molecule has 0 aromatic carbocycles. The second-order valence-electron chi connectivity index (χ2n) is 3.53. The van der Waals surface area contributed by atoms with Crippen molar-refractivity contribution < 1.29 is 4.42 Å². The van der Waals surface area contributed by atoms with Gasteiger partial charge in [-0.2, -0.15) is 5.26 Å². The molecule has 0 amide bonds. The molecule has 1 N–H and O–H groups in total.